The summed E-state index contributed by atoms with van der Waals surface area (Å²) in [7, 11) is -3.01. The van der Waals surface area contributed by atoms with Crippen LogP contribution in [-0.2, 0) is 26.2 Å². The lowest BCUT2D eigenvalue weighted by Crippen LogP contribution is -2.52. The van der Waals surface area contributed by atoms with Gasteiger partial charge in [-0.05, 0) is 55.2 Å². The normalized spacial score (nSPS) is 12.0. The fourth-order valence-corrected chi connectivity index (χ4v) is 5.91. The lowest BCUT2D eigenvalue weighted by atomic mass is 10.1. The smallest absolute Gasteiger partial charge is 0.273 e. The molecule has 43 heavy (non-hydrogen) atoms. The van der Waals surface area contributed by atoms with E-state index in [9.17, 15) is 28.1 Å². The van der Waals surface area contributed by atoms with Crippen LogP contribution in [0.4, 0.5) is 11.4 Å². The Bertz CT molecular complexity index is 1530. The number of nitro groups is 1. The van der Waals surface area contributed by atoms with Gasteiger partial charge in [0.2, 0.25) is 11.8 Å². The Balaban J connectivity index is 2.09. The highest BCUT2D eigenvalue weighted by Crippen LogP contribution is 2.29. The molecule has 0 aromatic heterocycles. The molecular formula is C31H38N4O7S. The zero-order valence-corrected chi connectivity index (χ0v) is 25.8. The maximum atomic E-state index is 14.1. The van der Waals surface area contributed by atoms with Crippen LogP contribution in [0.15, 0.2) is 77.7 Å². The second kappa shape index (κ2) is 14.6. The van der Waals surface area contributed by atoms with Crippen molar-refractivity contribution in [3.8, 4) is 5.75 Å². The SMILES string of the molecule is CCC(C(=O)NCC(C)C)N(Cc1ccccc1)C(=O)CN(c1ccc(OC)cc1)S(=O)(=O)c1ccc(C)c([N+](=O)[O-])c1. The first-order valence-electron chi connectivity index (χ1n) is 13.9. The first kappa shape index (κ1) is 33.1. The third-order valence-corrected chi connectivity index (χ3v) is 8.64. The second-order valence-corrected chi connectivity index (χ2v) is 12.3. The largest absolute Gasteiger partial charge is 0.497 e. The Kier molecular flexibility index (Phi) is 11.2. The van der Waals surface area contributed by atoms with Crippen LogP contribution in [0.25, 0.3) is 0 Å². The first-order chi connectivity index (χ1) is 20.4. The van der Waals surface area contributed by atoms with E-state index in [0.717, 1.165) is 15.9 Å². The van der Waals surface area contributed by atoms with Gasteiger partial charge in [-0.1, -0.05) is 57.2 Å². The summed E-state index contributed by atoms with van der Waals surface area (Å²) < 4.78 is 34.2. The molecule has 1 N–H and O–H groups in total. The molecule has 2 amide bonds. The van der Waals surface area contributed by atoms with E-state index in [1.165, 1.54) is 43.2 Å². The molecule has 0 bridgehead atoms. The summed E-state index contributed by atoms with van der Waals surface area (Å²) >= 11 is 0. The van der Waals surface area contributed by atoms with Gasteiger partial charge in [-0.25, -0.2) is 8.42 Å². The van der Waals surface area contributed by atoms with Gasteiger partial charge in [0, 0.05) is 24.7 Å². The number of nitrogens with zero attached hydrogens (tertiary/aromatic N) is 3. The molecule has 0 heterocycles. The van der Waals surface area contributed by atoms with Crippen molar-refractivity contribution in [3.05, 3.63) is 94.0 Å². The number of nitro benzene ring substituents is 1. The number of ether oxygens (including phenoxy) is 1. The third kappa shape index (κ3) is 8.31. The number of amides is 2. The third-order valence-electron chi connectivity index (χ3n) is 6.87. The molecule has 0 aliphatic rings. The average Bonchev–Trinajstić information content (AvgIpc) is 2.99. The fourth-order valence-electron chi connectivity index (χ4n) is 4.47. The van der Waals surface area contributed by atoms with Crippen LogP contribution in [0, 0.1) is 23.0 Å². The summed E-state index contributed by atoms with van der Waals surface area (Å²) in [6.07, 6.45) is 0.294. The van der Waals surface area contributed by atoms with Crippen LogP contribution in [0.3, 0.4) is 0 Å². The van der Waals surface area contributed by atoms with Crippen LogP contribution in [-0.4, -0.2) is 56.3 Å². The highest BCUT2D eigenvalue weighted by molar-refractivity contribution is 7.92. The molecule has 1 atom stereocenters. The van der Waals surface area contributed by atoms with Crippen molar-refractivity contribution in [3.63, 3.8) is 0 Å². The number of carbonyl (C=O) groups is 2. The summed E-state index contributed by atoms with van der Waals surface area (Å²) in [4.78, 5) is 39.4. The minimum absolute atomic E-state index is 0.0692. The van der Waals surface area contributed by atoms with Crippen LogP contribution < -0.4 is 14.4 Å². The van der Waals surface area contributed by atoms with Gasteiger partial charge < -0.3 is 15.0 Å². The van der Waals surface area contributed by atoms with Crippen LogP contribution in [0.1, 0.15) is 38.3 Å². The second-order valence-electron chi connectivity index (χ2n) is 10.5. The summed E-state index contributed by atoms with van der Waals surface area (Å²) in [6.45, 7) is 7.05. The van der Waals surface area contributed by atoms with Gasteiger partial charge in [0.25, 0.3) is 15.7 Å². The number of sulfonamides is 1. The van der Waals surface area contributed by atoms with E-state index < -0.39 is 33.4 Å². The summed E-state index contributed by atoms with van der Waals surface area (Å²) in [5.74, 6) is -0.295. The van der Waals surface area contributed by atoms with Gasteiger partial charge in [0.1, 0.15) is 18.3 Å². The zero-order chi connectivity index (χ0) is 31.7. The molecule has 0 fully saturated rings. The number of hydrogen-bond acceptors (Lipinski definition) is 7. The number of methoxy groups -OCH3 is 1. The van der Waals surface area contributed by atoms with Crippen molar-refractivity contribution in [2.45, 2.75) is 51.6 Å². The Labute approximate surface area is 252 Å². The number of benzene rings is 3. The molecule has 11 nitrogen and oxygen atoms in total. The van der Waals surface area contributed by atoms with Crippen molar-refractivity contribution in [1.29, 1.82) is 0 Å². The molecule has 0 aliphatic heterocycles. The van der Waals surface area contributed by atoms with E-state index >= 15 is 0 Å². The number of aryl methyl sites for hydroxylation is 1. The molecule has 0 saturated heterocycles. The Morgan fingerprint density at radius 3 is 2.23 bits per heavy atom. The van der Waals surface area contributed by atoms with Crippen molar-refractivity contribution >= 4 is 33.2 Å². The maximum Gasteiger partial charge on any atom is 0.273 e. The molecule has 0 saturated carbocycles. The van der Waals surface area contributed by atoms with Gasteiger partial charge in [0.15, 0.2) is 0 Å². The van der Waals surface area contributed by atoms with E-state index in [0.29, 0.717) is 24.3 Å². The van der Waals surface area contributed by atoms with Crippen molar-refractivity contribution in [2.24, 2.45) is 5.92 Å². The number of nitrogens with one attached hydrogen (secondary N) is 1. The first-order valence-corrected chi connectivity index (χ1v) is 15.4. The number of carbonyl (C=O) groups excluding carboxylic acids is 2. The molecule has 3 rings (SSSR count). The van der Waals surface area contributed by atoms with Crippen LogP contribution in [0.5, 0.6) is 5.75 Å². The van der Waals surface area contributed by atoms with Crippen molar-refractivity contribution in [1.82, 2.24) is 10.2 Å². The van der Waals surface area contributed by atoms with Gasteiger partial charge in [0.05, 0.1) is 22.6 Å². The molecular weight excluding hydrogens is 572 g/mol. The molecule has 0 radical (unpaired) electrons. The van der Waals surface area contributed by atoms with Crippen molar-refractivity contribution in [2.75, 3.05) is 24.5 Å². The Hall–Kier alpha value is -4.45. The summed E-state index contributed by atoms with van der Waals surface area (Å²) in [6, 6.07) is 17.9. The fraction of sp³-hybridized carbons (Fsp3) is 0.355. The predicted molar refractivity (Wildman–Crippen MR) is 164 cm³/mol. The van der Waals surface area contributed by atoms with Gasteiger partial charge >= 0.3 is 0 Å². The maximum absolute atomic E-state index is 14.1. The topological polar surface area (TPSA) is 139 Å². The molecule has 3 aromatic rings. The van der Waals surface area contributed by atoms with Crippen LogP contribution >= 0.6 is 0 Å². The van der Waals surface area contributed by atoms with E-state index in [1.54, 1.807) is 19.1 Å². The molecule has 0 spiro atoms. The lowest BCUT2D eigenvalue weighted by Gasteiger charge is -2.33. The average molecular weight is 611 g/mol. The monoisotopic (exact) mass is 610 g/mol. The molecule has 230 valence electrons. The lowest BCUT2D eigenvalue weighted by molar-refractivity contribution is -0.385. The quantitative estimate of drug-likeness (QED) is 0.206. The summed E-state index contributed by atoms with van der Waals surface area (Å²) in [5, 5.41) is 14.5. The minimum Gasteiger partial charge on any atom is -0.497 e. The Morgan fingerprint density at radius 1 is 1.02 bits per heavy atom. The highest BCUT2D eigenvalue weighted by atomic mass is 32.2. The van der Waals surface area contributed by atoms with Gasteiger partial charge in [-0.3, -0.25) is 24.0 Å². The Morgan fingerprint density at radius 2 is 1.67 bits per heavy atom. The number of rotatable bonds is 14. The zero-order valence-electron chi connectivity index (χ0n) is 25.0. The molecule has 3 aromatic carbocycles. The molecule has 0 aliphatic carbocycles. The van der Waals surface area contributed by atoms with Crippen molar-refractivity contribution < 1.29 is 27.7 Å². The van der Waals surface area contributed by atoms with E-state index in [1.807, 2.05) is 44.2 Å². The predicted octanol–water partition coefficient (Wildman–Crippen LogP) is 4.69. The number of hydrogen-bond donors (Lipinski definition) is 1. The molecule has 1 unspecified atom stereocenters. The van der Waals surface area contributed by atoms with E-state index in [4.69, 9.17) is 4.74 Å². The van der Waals surface area contributed by atoms with Crippen LogP contribution in [0.2, 0.25) is 0 Å². The van der Waals surface area contributed by atoms with E-state index in [-0.39, 0.29) is 34.6 Å². The number of anilines is 1. The highest BCUT2D eigenvalue weighted by Gasteiger charge is 2.34. The standard InChI is InChI=1S/C31H38N4O7S/c1-6-28(31(37)32-19-22(2)3)33(20-24-10-8-7-9-11-24)30(36)21-34(25-13-15-26(42-5)16-14-25)43(40,41)27-17-12-23(4)29(18-27)35(38)39/h7-18,22,28H,6,19-21H2,1-5H3,(H,32,37). The molecule has 12 heteroatoms. The van der Waals surface area contributed by atoms with Gasteiger partial charge in [-0.15, -0.1) is 0 Å². The van der Waals surface area contributed by atoms with Gasteiger partial charge in [-0.2, -0.15) is 0 Å². The minimum atomic E-state index is -4.48. The summed E-state index contributed by atoms with van der Waals surface area (Å²) in [5.41, 5.74) is 0.845. The van der Waals surface area contributed by atoms with E-state index in [2.05, 4.69) is 5.32 Å².